The normalized spacial score (nSPS) is 10.3. The van der Waals surface area contributed by atoms with E-state index in [-0.39, 0.29) is 5.69 Å². The number of ether oxygens (including phenoxy) is 3. The zero-order chi connectivity index (χ0) is 20.7. The second kappa shape index (κ2) is 9.59. The SMILES string of the molecule is CCOc1cc(C(=O)Nc2cccc([N+](=O)[O-])c2C)cc(OCC)c1OCC. The largest absolute Gasteiger partial charge is 0.490 e. The van der Waals surface area contributed by atoms with Crippen LogP contribution >= 0.6 is 0 Å². The Morgan fingerprint density at radius 2 is 1.61 bits per heavy atom. The first-order valence-corrected chi connectivity index (χ1v) is 9.04. The molecule has 2 rings (SSSR count). The van der Waals surface area contributed by atoms with E-state index >= 15 is 0 Å². The second-order valence-electron chi connectivity index (χ2n) is 5.76. The zero-order valence-electron chi connectivity index (χ0n) is 16.4. The number of anilines is 1. The molecule has 0 atom stereocenters. The van der Waals surface area contributed by atoms with Crippen LogP contribution in [0.2, 0.25) is 0 Å². The smallest absolute Gasteiger partial charge is 0.274 e. The number of rotatable bonds is 9. The Morgan fingerprint density at radius 1 is 1.04 bits per heavy atom. The molecule has 0 unspecified atom stereocenters. The predicted octanol–water partition coefficient (Wildman–Crippen LogP) is 4.35. The van der Waals surface area contributed by atoms with E-state index in [9.17, 15) is 14.9 Å². The first-order chi connectivity index (χ1) is 13.4. The van der Waals surface area contributed by atoms with Gasteiger partial charge in [0.05, 0.1) is 36.0 Å². The van der Waals surface area contributed by atoms with Gasteiger partial charge in [0.2, 0.25) is 5.75 Å². The van der Waals surface area contributed by atoms with Crippen molar-refractivity contribution in [1.29, 1.82) is 0 Å². The molecule has 0 bridgehead atoms. The average molecular weight is 388 g/mol. The van der Waals surface area contributed by atoms with E-state index < -0.39 is 10.8 Å². The Kier molecular flexibility index (Phi) is 7.20. The van der Waals surface area contributed by atoms with Crippen LogP contribution in [-0.4, -0.2) is 30.7 Å². The monoisotopic (exact) mass is 388 g/mol. The third-order valence-corrected chi connectivity index (χ3v) is 3.92. The highest BCUT2D eigenvalue weighted by Crippen LogP contribution is 2.39. The highest BCUT2D eigenvalue weighted by atomic mass is 16.6. The summed E-state index contributed by atoms with van der Waals surface area (Å²) in [5, 5.41) is 13.8. The maximum atomic E-state index is 12.8. The average Bonchev–Trinajstić information content (AvgIpc) is 2.65. The van der Waals surface area contributed by atoms with Crippen LogP contribution in [0.4, 0.5) is 11.4 Å². The molecule has 1 N–H and O–H groups in total. The molecule has 0 fully saturated rings. The first-order valence-electron chi connectivity index (χ1n) is 9.04. The molecule has 0 aromatic heterocycles. The van der Waals surface area contributed by atoms with Crippen molar-refractivity contribution in [2.45, 2.75) is 27.7 Å². The highest BCUT2D eigenvalue weighted by molar-refractivity contribution is 6.05. The zero-order valence-corrected chi connectivity index (χ0v) is 16.4. The summed E-state index contributed by atoms with van der Waals surface area (Å²) in [5.74, 6) is 0.801. The van der Waals surface area contributed by atoms with E-state index in [0.717, 1.165) is 0 Å². The number of nitro groups is 1. The Hall–Kier alpha value is -3.29. The van der Waals surface area contributed by atoms with Gasteiger partial charge in [-0.1, -0.05) is 6.07 Å². The molecule has 8 nitrogen and oxygen atoms in total. The predicted molar refractivity (Wildman–Crippen MR) is 106 cm³/mol. The third-order valence-electron chi connectivity index (χ3n) is 3.92. The fourth-order valence-corrected chi connectivity index (χ4v) is 2.67. The quantitative estimate of drug-likeness (QED) is 0.506. The minimum atomic E-state index is -0.484. The number of carbonyl (C=O) groups is 1. The van der Waals surface area contributed by atoms with Gasteiger partial charge in [-0.05, 0) is 45.9 Å². The minimum absolute atomic E-state index is 0.0606. The van der Waals surface area contributed by atoms with Gasteiger partial charge in [-0.2, -0.15) is 0 Å². The van der Waals surface area contributed by atoms with E-state index in [1.165, 1.54) is 12.1 Å². The van der Waals surface area contributed by atoms with Gasteiger partial charge >= 0.3 is 0 Å². The van der Waals surface area contributed by atoms with Gasteiger partial charge in [0.25, 0.3) is 11.6 Å². The maximum absolute atomic E-state index is 12.8. The summed E-state index contributed by atoms with van der Waals surface area (Å²) >= 11 is 0. The third kappa shape index (κ3) is 4.70. The summed E-state index contributed by atoms with van der Waals surface area (Å²) in [4.78, 5) is 23.4. The van der Waals surface area contributed by atoms with Gasteiger partial charge in [-0.15, -0.1) is 0 Å². The van der Waals surface area contributed by atoms with Crippen molar-refractivity contribution in [1.82, 2.24) is 0 Å². The molecule has 2 aromatic carbocycles. The molecule has 150 valence electrons. The number of carbonyl (C=O) groups excluding carboxylic acids is 1. The number of hydrogen-bond acceptors (Lipinski definition) is 6. The molecule has 0 heterocycles. The van der Waals surface area contributed by atoms with E-state index in [1.807, 2.05) is 20.8 Å². The number of nitro benzene ring substituents is 1. The topological polar surface area (TPSA) is 99.9 Å². The van der Waals surface area contributed by atoms with Gasteiger partial charge in [0.15, 0.2) is 11.5 Å². The van der Waals surface area contributed by atoms with Gasteiger partial charge in [-0.25, -0.2) is 0 Å². The van der Waals surface area contributed by atoms with Crippen molar-refractivity contribution in [3.8, 4) is 17.2 Å². The molecular formula is C20H24N2O6. The van der Waals surface area contributed by atoms with Crippen molar-refractivity contribution in [2.24, 2.45) is 0 Å². The summed E-state index contributed by atoms with van der Waals surface area (Å²) < 4.78 is 16.9. The number of amides is 1. The molecule has 0 radical (unpaired) electrons. The van der Waals surface area contributed by atoms with Crippen molar-refractivity contribution < 1.29 is 23.9 Å². The molecular weight excluding hydrogens is 364 g/mol. The lowest BCUT2D eigenvalue weighted by Gasteiger charge is -2.17. The molecule has 0 spiro atoms. The van der Waals surface area contributed by atoms with Crippen molar-refractivity contribution in [3.05, 3.63) is 51.6 Å². The van der Waals surface area contributed by atoms with Crippen LogP contribution in [0.1, 0.15) is 36.7 Å². The molecule has 28 heavy (non-hydrogen) atoms. The Bertz CT molecular complexity index is 839. The lowest BCUT2D eigenvalue weighted by molar-refractivity contribution is -0.385. The molecule has 0 saturated carbocycles. The van der Waals surface area contributed by atoms with Crippen LogP contribution in [0.3, 0.4) is 0 Å². The van der Waals surface area contributed by atoms with Crippen molar-refractivity contribution in [3.63, 3.8) is 0 Å². The first kappa shape index (κ1) is 21.0. The van der Waals surface area contributed by atoms with E-state index in [1.54, 1.807) is 25.1 Å². The summed E-state index contributed by atoms with van der Waals surface area (Å²) in [6, 6.07) is 7.66. The highest BCUT2D eigenvalue weighted by Gasteiger charge is 2.20. The fraction of sp³-hybridized carbons (Fsp3) is 0.350. The summed E-state index contributed by atoms with van der Waals surface area (Å²) in [6.07, 6.45) is 0. The molecule has 0 saturated heterocycles. The van der Waals surface area contributed by atoms with E-state index in [2.05, 4.69) is 5.32 Å². The molecule has 0 aliphatic heterocycles. The Morgan fingerprint density at radius 3 is 2.11 bits per heavy atom. The van der Waals surface area contributed by atoms with Crippen LogP contribution in [0.15, 0.2) is 30.3 Å². The van der Waals surface area contributed by atoms with Gasteiger partial charge in [-0.3, -0.25) is 14.9 Å². The summed E-state index contributed by atoms with van der Waals surface area (Å²) in [6.45, 7) is 8.28. The number of nitrogens with zero attached hydrogens (tertiary/aromatic N) is 1. The van der Waals surface area contributed by atoms with Crippen molar-refractivity contribution in [2.75, 3.05) is 25.1 Å². The van der Waals surface area contributed by atoms with Crippen LogP contribution in [0, 0.1) is 17.0 Å². The molecule has 1 amide bonds. The molecule has 0 aliphatic rings. The molecule has 8 heteroatoms. The standard InChI is InChI=1S/C20H24N2O6/c1-5-26-17-11-14(12-18(27-6-2)19(17)28-7-3)20(23)21-15-9-8-10-16(13(15)4)22(24)25/h8-12H,5-7H2,1-4H3,(H,21,23). The molecule has 0 aliphatic carbocycles. The summed E-state index contributed by atoms with van der Waals surface area (Å²) in [5.41, 5.74) is 0.974. The summed E-state index contributed by atoms with van der Waals surface area (Å²) in [7, 11) is 0. The van der Waals surface area contributed by atoms with Gasteiger partial charge in [0, 0.05) is 11.6 Å². The van der Waals surface area contributed by atoms with Gasteiger partial charge in [0.1, 0.15) is 0 Å². The lowest BCUT2D eigenvalue weighted by atomic mass is 10.1. The lowest BCUT2D eigenvalue weighted by Crippen LogP contribution is -2.14. The minimum Gasteiger partial charge on any atom is -0.490 e. The number of hydrogen-bond donors (Lipinski definition) is 1. The van der Waals surface area contributed by atoms with Gasteiger partial charge < -0.3 is 19.5 Å². The van der Waals surface area contributed by atoms with Crippen LogP contribution in [-0.2, 0) is 0 Å². The van der Waals surface area contributed by atoms with E-state index in [0.29, 0.717) is 53.9 Å². The van der Waals surface area contributed by atoms with E-state index in [4.69, 9.17) is 14.2 Å². The maximum Gasteiger partial charge on any atom is 0.274 e. The second-order valence-corrected chi connectivity index (χ2v) is 5.76. The Balaban J connectivity index is 2.42. The molecule has 2 aromatic rings. The van der Waals surface area contributed by atoms with Crippen LogP contribution in [0.25, 0.3) is 0 Å². The fourth-order valence-electron chi connectivity index (χ4n) is 2.67. The van der Waals surface area contributed by atoms with Crippen LogP contribution < -0.4 is 19.5 Å². The Labute approximate surface area is 163 Å². The number of benzene rings is 2. The van der Waals surface area contributed by atoms with Crippen LogP contribution in [0.5, 0.6) is 17.2 Å². The number of nitrogens with one attached hydrogen (secondary N) is 1. The van der Waals surface area contributed by atoms with Crippen molar-refractivity contribution >= 4 is 17.3 Å².